The molecule has 7 heteroatoms. The van der Waals surface area contributed by atoms with Gasteiger partial charge >= 0.3 is 0 Å². The third kappa shape index (κ3) is 3.63. The summed E-state index contributed by atoms with van der Waals surface area (Å²) >= 11 is 1.69. The molecule has 1 amide bonds. The Labute approximate surface area is 179 Å². The smallest absolute Gasteiger partial charge is 0.255 e. The Balaban J connectivity index is 1.43. The fourth-order valence-electron chi connectivity index (χ4n) is 4.29. The van der Waals surface area contributed by atoms with E-state index < -0.39 is 0 Å². The van der Waals surface area contributed by atoms with E-state index in [1.54, 1.807) is 18.4 Å². The zero-order valence-electron chi connectivity index (χ0n) is 16.9. The van der Waals surface area contributed by atoms with E-state index in [1.807, 2.05) is 36.4 Å². The second-order valence-corrected chi connectivity index (χ2v) is 8.86. The number of fused-ring (bicyclic) bond motifs is 2. The van der Waals surface area contributed by atoms with Crippen LogP contribution in [0.3, 0.4) is 0 Å². The molecule has 1 fully saturated rings. The van der Waals surface area contributed by atoms with Crippen LogP contribution in [0.25, 0.3) is 10.2 Å². The largest absolute Gasteiger partial charge is 0.496 e. The quantitative estimate of drug-likeness (QED) is 0.663. The Morgan fingerprint density at radius 3 is 2.90 bits per heavy atom. The number of aromatic nitrogens is 1. The Hall–Kier alpha value is -2.64. The SMILES string of the molecule is COc1cc2nc(C3CCNCC3)sc2cc1C(=O)N[C@H]1CCOc2ccccc21. The molecule has 1 aromatic heterocycles. The van der Waals surface area contributed by atoms with Gasteiger partial charge in [-0.1, -0.05) is 18.2 Å². The highest BCUT2D eigenvalue weighted by Crippen LogP contribution is 2.36. The maximum absolute atomic E-state index is 13.2. The Kier molecular flexibility index (Phi) is 5.31. The molecule has 5 rings (SSSR count). The highest BCUT2D eigenvalue weighted by atomic mass is 32.1. The predicted octanol–water partition coefficient (Wildman–Crippen LogP) is 4.03. The molecule has 2 N–H and O–H groups in total. The summed E-state index contributed by atoms with van der Waals surface area (Å²) in [6.45, 7) is 2.65. The molecule has 3 aromatic rings. The molecule has 0 saturated carbocycles. The second kappa shape index (κ2) is 8.24. The number of nitrogens with one attached hydrogen (secondary N) is 2. The first-order valence-electron chi connectivity index (χ1n) is 10.4. The summed E-state index contributed by atoms with van der Waals surface area (Å²) in [6, 6.07) is 11.6. The standard InChI is InChI=1S/C23H25N3O3S/c1-28-20-13-18-21(30-23(26-18)14-6-9-24-10-7-14)12-16(20)22(27)25-17-8-11-29-19-5-3-2-4-15(17)19/h2-5,12-14,17,24H,6-11H2,1H3,(H,25,27)/t17-/m0/s1. The monoisotopic (exact) mass is 423 g/mol. The van der Waals surface area contributed by atoms with Gasteiger partial charge in [-0.3, -0.25) is 4.79 Å². The lowest BCUT2D eigenvalue weighted by atomic mass is 9.99. The minimum Gasteiger partial charge on any atom is -0.496 e. The molecule has 3 heterocycles. The average molecular weight is 424 g/mol. The number of para-hydroxylation sites is 1. The summed E-state index contributed by atoms with van der Waals surface area (Å²) < 4.78 is 12.3. The highest BCUT2D eigenvalue weighted by molar-refractivity contribution is 7.18. The van der Waals surface area contributed by atoms with Gasteiger partial charge in [-0.2, -0.15) is 0 Å². The molecule has 2 aliphatic heterocycles. The lowest BCUT2D eigenvalue weighted by Crippen LogP contribution is -2.32. The first kappa shape index (κ1) is 19.3. The van der Waals surface area contributed by atoms with Gasteiger partial charge in [-0.15, -0.1) is 11.3 Å². The molecule has 1 saturated heterocycles. The van der Waals surface area contributed by atoms with Crippen LogP contribution in [-0.2, 0) is 0 Å². The van der Waals surface area contributed by atoms with Crippen molar-refractivity contribution in [3.8, 4) is 11.5 Å². The van der Waals surface area contributed by atoms with Gasteiger partial charge in [-0.05, 0) is 38.1 Å². The van der Waals surface area contributed by atoms with Crippen LogP contribution in [0.15, 0.2) is 36.4 Å². The molecule has 0 unspecified atom stereocenters. The zero-order valence-corrected chi connectivity index (χ0v) is 17.8. The van der Waals surface area contributed by atoms with Crippen molar-refractivity contribution in [2.75, 3.05) is 26.8 Å². The molecule has 30 heavy (non-hydrogen) atoms. The number of amides is 1. The molecule has 2 aromatic carbocycles. The van der Waals surface area contributed by atoms with Gasteiger partial charge in [0.2, 0.25) is 0 Å². The van der Waals surface area contributed by atoms with Crippen molar-refractivity contribution >= 4 is 27.5 Å². The number of nitrogens with zero attached hydrogens (tertiary/aromatic N) is 1. The van der Waals surface area contributed by atoms with Crippen LogP contribution >= 0.6 is 11.3 Å². The summed E-state index contributed by atoms with van der Waals surface area (Å²) in [5.74, 6) is 1.76. The number of methoxy groups -OCH3 is 1. The predicted molar refractivity (Wildman–Crippen MR) is 118 cm³/mol. The summed E-state index contributed by atoms with van der Waals surface area (Å²) in [4.78, 5) is 18.1. The molecule has 1 atom stereocenters. The lowest BCUT2D eigenvalue weighted by Gasteiger charge is -2.26. The van der Waals surface area contributed by atoms with E-state index in [-0.39, 0.29) is 11.9 Å². The highest BCUT2D eigenvalue weighted by Gasteiger charge is 2.25. The summed E-state index contributed by atoms with van der Waals surface area (Å²) in [6.07, 6.45) is 2.95. The minimum atomic E-state index is -0.132. The minimum absolute atomic E-state index is 0.0744. The van der Waals surface area contributed by atoms with Crippen molar-refractivity contribution in [1.82, 2.24) is 15.6 Å². The van der Waals surface area contributed by atoms with Crippen LogP contribution in [0, 0.1) is 0 Å². The average Bonchev–Trinajstić information content (AvgIpc) is 3.22. The van der Waals surface area contributed by atoms with Gasteiger partial charge in [-0.25, -0.2) is 4.98 Å². The molecule has 0 spiro atoms. The third-order valence-corrected chi connectivity index (χ3v) is 7.10. The van der Waals surface area contributed by atoms with Gasteiger partial charge in [0.05, 0.1) is 40.5 Å². The number of hydrogen-bond donors (Lipinski definition) is 2. The van der Waals surface area contributed by atoms with E-state index in [1.165, 1.54) is 0 Å². The zero-order chi connectivity index (χ0) is 20.5. The molecular formula is C23H25N3O3S. The Bertz CT molecular complexity index is 1070. The second-order valence-electron chi connectivity index (χ2n) is 7.80. The summed E-state index contributed by atoms with van der Waals surface area (Å²) in [7, 11) is 1.60. The van der Waals surface area contributed by atoms with Crippen LogP contribution in [0.4, 0.5) is 0 Å². The number of hydrogen-bond acceptors (Lipinski definition) is 6. The fraction of sp³-hybridized carbons (Fsp3) is 0.391. The molecule has 0 aliphatic carbocycles. The number of carbonyl (C=O) groups excluding carboxylic acids is 1. The van der Waals surface area contributed by atoms with Crippen molar-refractivity contribution in [1.29, 1.82) is 0 Å². The van der Waals surface area contributed by atoms with Crippen molar-refractivity contribution in [2.24, 2.45) is 0 Å². The number of thiazole rings is 1. The Morgan fingerprint density at radius 2 is 2.07 bits per heavy atom. The van der Waals surface area contributed by atoms with Gasteiger partial charge in [0.1, 0.15) is 11.5 Å². The molecular weight excluding hydrogens is 398 g/mol. The van der Waals surface area contributed by atoms with Crippen LogP contribution in [0.2, 0.25) is 0 Å². The fourth-order valence-corrected chi connectivity index (χ4v) is 5.45. The topological polar surface area (TPSA) is 72.5 Å². The van der Waals surface area contributed by atoms with E-state index in [0.29, 0.717) is 23.8 Å². The first-order valence-corrected chi connectivity index (χ1v) is 11.3. The normalized spacial score (nSPS) is 19.2. The van der Waals surface area contributed by atoms with Crippen LogP contribution in [0.1, 0.15) is 52.2 Å². The number of piperidine rings is 1. The van der Waals surface area contributed by atoms with Crippen molar-refractivity contribution in [2.45, 2.75) is 31.2 Å². The lowest BCUT2D eigenvalue weighted by molar-refractivity contribution is 0.0922. The van der Waals surface area contributed by atoms with Gasteiger partial charge in [0.15, 0.2) is 0 Å². The van der Waals surface area contributed by atoms with E-state index in [0.717, 1.165) is 58.9 Å². The maximum atomic E-state index is 13.2. The number of ether oxygens (including phenoxy) is 2. The van der Waals surface area contributed by atoms with Crippen LogP contribution in [0.5, 0.6) is 11.5 Å². The van der Waals surface area contributed by atoms with Crippen molar-refractivity contribution in [3.05, 3.63) is 52.5 Å². The van der Waals surface area contributed by atoms with Crippen LogP contribution < -0.4 is 20.1 Å². The molecule has 156 valence electrons. The van der Waals surface area contributed by atoms with E-state index >= 15 is 0 Å². The number of carbonyl (C=O) groups is 1. The summed E-state index contributed by atoms with van der Waals surface area (Å²) in [5.41, 5.74) is 2.47. The number of rotatable bonds is 4. The summed E-state index contributed by atoms with van der Waals surface area (Å²) in [5, 5.41) is 7.74. The first-order chi connectivity index (χ1) is 14.7. The maximum Gasteiger partial charge on any atom is 0.255 e. The van der Waals surface area contributed by atoms with Gasteiger partial charge in [0.25, 0.3) is 5.91 Å². The molecule has 0 bridgehead atoms. The molecule has 2 aliphatic rings. The van der Waals surface area contributed by atoms with E-state index in [2.05, 4.69) is 10.6 Å². The van der Waals surface area contributed by atoms with Crippen molar-refractivity contribution in [3.63, 3.8) is 0 Å². The Morgan fingerprint density at radius 1 is 1.23 bits per heavy atom. The van der Waals surface area contributed by atoms with Crippen molar-refractivity contribution < 1.29 is 14.3 Å². The van der Waals surface area contributed by atoms with E-state index in [9.17, 15) is 4.79 Å². The van der Waals surface area contributed by atoms with Gasteiger partial charge < -0.3 is 20.1 Å². The number of benzene rings is 2. The van der Waals surface area contributed by atoms with Crippen LogP contribution in [-0.4, -0.2) is 37.7 Å². The van der Waals surface area contributed by atoms with Gasteiger partial charge in [0, 0.05) is 24.0 Å². The molecule has 0 radical (unpaired) electrons. The molecule has 6 nitrogen and oxygen atoms in total. The van der Waals surface area contributed by atoms with E-state index in [4.69, 9.17) is 14.5 Å². The third-order valence-electron chi connectivity index (χ3n) is 5.92.